The molecule has 0 spiro atoms. The van der Waals surface area contributed by atoms with E-state index in [0.29, 0.717) is 5.56 Å². The maximum atomic E-state index is 13.5. The molecule has 0 fully saturated rings. The zero-order valence-electron chi connectivity index (χ0n) is 9.85. The van der Waals surface area contributed by atoms with E-state index in [1.807, 2.05) is 13.8 Å². The number of halogens is 4. The molecule has 5 heteroatoms. The minimum Gasteiger partial charge on any atom is -0.243 e. The monoisotopic (exact) mass is 257 g/mol. The van der Waals surface area contributed by atoms with Crippen molar-refractivity contribution < 1.29 is 17.6 Å². The number of pyridine rings is 1. The maximum Gasteiger partial charge on any atom is 0.433 e. The zero-order valence-corrected chi connectivity index (χ0v) is 9.85. The molecule has 1 nitrogen and oxygen atoms in total. The van der Waals surface area contributed by atoms with E-state index in [9.17, 15) is 17.6 Å². The van der Waals surface area contributed by atoms with Gasteiger partial charge in [0.25, 0.3) is 0 Å². The van der Waals surface area contributed by atoms with Crippen LogP contribution in [0.3, 0.4) is 0 Å². The van der Waals surface area contributed by atoms with Gasteiger partial charge in [0.2, 0.25) is 0 Å². The van der Waals surface area contributed by atoms with Crippen molar-refractivity contribution in [1.82, 2.24) is 4.98 Å². The fourth-order valence-electron chi connectivity index (χ4n) is 1.83. The largest absolute Gasteiger partial charge is 0.433 e. The molecule has 2 rings (SSSR count). The van der Waals surface area contributed by atoms with Crippen LogP contribution in [0, 0.1) is 5.82 Å². The van der Waals surface area contributed by atoms with Gasteiger partial charge in [-0.15, -0.1) is 0 Å². The number of hydrogen-bond acceptors (Lipinski definition) is 1. The summed E-state index contributed by atoms with van der Waals surface area (Å²) in [6.45, 7) is 3.66. The lowest BCUT2D eigenvalue weighted by Gasteiger charge is -2.12. The highest BCUT2D eigenvalue weighted by Gasteiger charge is 2.32. The topological polar surface area (TPSA) is 12.9 Å². The van der Waals surface area contributed by atoms with Crippen LogP contribution in [0.4, 0.5) is 17.6 Å². The first-order chi connectivity index (χ1) is 8.30. The van der Waals surface area contributed by atoms with Gasteiger partial charge in [-0.1, -0.05) is 19.9 Å². The number of aromatic nitrogens is 1. The Hall–Kier alpha value is -1.65. The minimum atomic E-state index is -4.52. The van der Waals surface area contributed by atoms with Gasteiger partial charge in [0, 0.05) is 5.39 Å². The van der Waals surface area contributed by atoms with Gasteiger partial charge in [-0.25, -0.2) is 9.37 Å². The zero-order chi connectivity index (χ0) is 13.5. The van der Waals surface area contributed by atoms with Crippen molar-refractivity contribution in [3.05, 3.63) is 41.3 Å². The molecule has 96 valence electrons. The summed E-state index contributed by atoms with van der Waals surface area (Å²) in [7, 11) is 0. The summed E-state index contributed by atoms with van der Waals surface area (Å²) in [5.74, 6) is -0.584. The molecule has 0 aliphatic rings. The van der Waals surface area contributed by atoms with Gasteiger partial charge >= 0.3 is 6.18 Å². The van der Waals surface area contributed by atoms with Crippen LogP contribution in [-0.2, 0) is 6.18 Å². The lowest BCUT2D eigenvalue weighted by molar-refractivity contribution is -0.140. The standard InChI is InChI=1S/C13H11F4N/c1-7(2)8-3-5-10(14)9-4-6-11(13(15,16)17)18-12(8)9/h3-7H,1-2H3. The fourth-order valence-corrected chi connectivity index (χ4v) is 1.83. The van der Waals surface area contributed by atoms with Crippen LogP contribution in [0.5, 0.6) is 0 Å². The second-order valence-electron chi connectivity index (χ2n) is 4.38. The molecule has 0 saturated heterocycles. The third-order valence-corrected chi connectivity index (χ3v) is 2.75. The van der Waals surface area contributed by atoms with Crippen molar-refractivity contribution in [3.63, 3.8) is 0 Å². The van der Waals surface area contributed by atoms with Crippen molar-refractivity contribution in [2.75, 3.05) is 0 Å². The number of nitrogens with zero attached hydrogens (tertiary/aromatic N) is 1. The number of fused-ring (bicyclic) bond motifs is 1. The van der Waals surface area contributed by atoms with Gasteiger partial charge in [0.1, 0.15) is 11.5 Å². The minimum absolute atomic E-state index is 0.0240. The van der Waals surface area contributed by atoms with E-state index in [-0.39, 0.29) is 16.8 Å². The van der Waals surface area contributed by atoms with Crippen molar-refractivity contribution >= 4 is 10.9 Å². The number of rotatable bonds is 1. The van der Waals surface area contributed by atoms with Gasteiger partial charge in [0.15, 0.2) is 0 Å². The van der Waals surface area contributed by atoms with Crippen LogP contribution in [0.25, 0.3) is 10.9 Å². The molecule has 0 amide bonds. The number of benzene rings is 1. The van der Waals surface area contributed by atoms with E-state index in [2.05, 4.69) is 4.98 Å². The van der Waals surface area contributed by atoms with Crippen LogP contribution in [0.15, 0.2) is 24.3 Å². The van der Waals surface area contributed by atoms with Gasteiger partial charge in [0.05, 0.1) is 5.52 Å². The Balaban J connectivity index is 2.77. The second-order valence-corrected chi connectivity index (χ2v) is 4.38. The summed E-state index contributed by atoms with van der Waals surface area (Å²) in [4.78, 5) is 3.56. The molecule has 1 aromatic heterocycles. The van der Waals surface area contributed by atoms with Crippen molar-refractivity contribution in [1.29, 1.82) is 0 Å². The molecular formula is C13H11F4N. The van der Waals surface area contributed by atoms with E-state index in [4.69, 9.17) is 0 Å². The normalized spacial score (nSPS) is 12.4. The van der Waals surface area contributed by atoms with E-state index in [0.717, 1.165) is 12.1 Å². The van der Waals surface area contributed by atoms with Crippen LogP contribution in [0.2, 0.25) is 0 Å². The molecule has 1 heterocycles. The molecule has 0 radical (unpaired) electrons. The van der Waals surface area contributed by atoms with E-state index >= 15 is 0 Å². The summed E-state index contributed by atoms with van der Waals surface area (Å²) in [5.41, 5.74) is -0.306. The average Bonchev–Trinajstić information content (AvgIpc) is 2.27. The third kappa shape index (κ3) is 2.17. The second kappa shape index (κ2) is 4.23. The van der Waals surface area contributed by atoms with E-state index in [1.54, 1.807) is 0 Å². The molecular weight excluding hydrogens is 246 g/mol. The Bertz CT molecular complexity index is 587. The highest BCUT2D eigenvalue weighted by Crippen LogP contribution is 2.32. The first kappa shape index (κ1) is 12.8. The summed E-state index contributed by atoms with van der Waals surface area (Å²) < 4.78 is 51.3. The molecule has 0 atom stereocenters. The first-order valence-corrected chi connectivity index (χ1v) is 5.47. The molecule has 0 aliphatic heterocycles. The fraction of sp³-hybridized carbons (Fsp3) is 0.308. The van der Waals surface area contributed by atoms with Crippen LogP contribution in [-0.4, -0.2) is 4.98 Å². The molecule has 0 N–H and O–H groups in total. The van der Waals surface area contributed by atoms with Gasteiger partial charge in [-0.3, -0.25) is 0 Å². The number of alkyl halides is 3. The van der Waals surface area contributed by atoms with Crippen LogP contribution >= 0.6 is 0 Å². The highest BCUT2D eigenvalue weighted by molar-refractivity contribution is 5.83. The highest BCUT2D eigenvalue weighted by atomic mass is 19.4. The molecule has 18 heavy (non-hydrogen) atoms. The quantitative estimate of drug-likeness (QED) is 0.684. The average molecular weight is 257 g/mol. The molecule has 1 aromatic carbocycles. The van der Waals surface area contributed by atoms with Crippen molar-refractivity contribution in [3.8, 4) is 0 Å². The van der Waals surface area contributed by atoms with Gasteiger partial charge < -0.3 is 0 Å². The van der Waals surface area contributed by atoms with E-state index in [1.165, 1.54) is 12.1 Å². The molecule has 0 aliphatic carbocycles. The van der Waals surface area contributed by atoms with Crippen molar-refractivity contribution in [2.45, 2.75) is 25.9 Å². The Morgan fingerprint density at radius 3 is 2.28 bits per heavy atom. The number of hydrogen-bond donors (Lipinski definition) is 0. The molecule has 0 unspecified atom stereocenters. The van der Waals surface area contributed by atoms with Crippen LogP contribution < -0.4 is 0 Å². The maximum absolute atomic E-state index is 13.5. The lowest BCUT2D eigenvalue weighted by Crippen LogP contribution is -2.08. The summed E-state index contributed by atoms with van der Waals surface area (Å²) in [5, 5.41) is 0.120. The summed E-state index contributed by atoms with van der Waals surface area (Å²) >= 11 is 0. The lowest BCUT2D eigenvalue weighted by atomic mass is 9.99. The Morgan fingerprint density at radius 2 is 1.72 bits per heavy atom. The first-order valence-electron chi connectivity index (χ1n) is 5.47. The van der Waals surface area contributed by atoms with Gasteiger partial charge in [-0.2, -0.15) is 13.2 Å². The smallest absolute Gasteiger partial charge is 0.243 e. The SMILES string of the molecule is CC(C)c1ccc(F)c2ccc(C(F)(F)F)nc12. The Morgan fingerprint density at radius 1 is 1.06 bits per heavy atom. The Labute approximate surface area is 101 Å². The third-order valence-electron chi connectivity index (χ3n) is 2.75. The van der Waals surface area contributed by atoms with Crippen molar-refractivity contribution in [2.24, 2.45) is 0 Å². The molecule has 2 aromatic rings. The Kier molecular flexibility index (Phi) is 3.00. The van der Waals surface area contributed by atoms with Crippen LogP contribution in [0.1, 0.15) is 31.0 Å². The molecule has 0 saturated carbocycles. The summed E-state index contributed by atoms with van der Waals surface area (Å²) in [6.07, 6.45) is -4.52. The predicted molar refractivity (Wildman–Crippen MR) is 60.8 cm³/mol. The predicted octanol–water partition coefficient (Wildman–Crippen LogP) is 4.52. The van der Waals surface area contributed by atoms with Gasteiger partial charge in [-0.05, 0) is 29.7 Å². The van der Waals surface area contributed by atoms with E-state index < -0.39 is 17.7 Å². The summed E-state index contributed by atoms with van der Waals surface area (Å²) in [6, 6.07) is 4.67. The molecule has 0 bridgehead atoms.